The van der Waals surface area contributed by atoms with Crippen LogP contribution in [0.4, 0.5) is 5.13 Å². The minimum Gasteiger partial charge on any atom is -0.302 e. The van der Waals surface area contributed by atoms with Crippen LogP contribution in [0.25, 0.3) is 10.2 Å². The van der Waals surface area contributed by atoms with E-state index in [0.29, 0.717) is 6.54 Å². The number of nitrogens with zero attached hydrogens (tertiary/aromatic N) is 3. The lowest BCUT2D eigenvalue weighted by Gasteiger charge is -2.25. The number of hydrogen-bond donors (Lipinski definition) is 0. The van der Waals surface area contributed by atoms with Crippen molar-refractivity contribution in [2.45, 2.75) is 41.5 Å². The zero-order valence-corrected chi connectivity index (χ0v) is 19.2. The average molecular weight is 410 g/mol. The molecule has 0 spiro atoms. The van der Waals surface area contributed by atoms with Crippen molar-refractivity contribution in [2.24, 2.45) is 0 Å². The van der Waals surface area contributed by atoms with Gasteiger partial charge in [-0.05, 0) is 70.1 Å². The second-order valence-corrected chi connectivity index (χ2v) is 8.76. The first-order valence-electron chi connectivity index (χ1n) is 10.3. The van der Waals surface area contributed by atoms with Crippen molar-refractivity contribution >= 4 is 32.6 Å². The van der Waals surface area contributed by atoms with Gasteiger partial charge in [-0.15, -0.1) is 0 Å². The van der Waals surface area contributed by atoms with Crippen molar-refractivity contribution in [2.75, 3.05) is 31.1 Å². The number of carbonyl (C=O) groups excluding carboxylic acids is 1. The number of aryl methyl sites for hydroxylation is 4. The summed E-state index contributed by atoms with van der Waals surface area (Å²) in [5, 5.41) is 0.782. The lowest BCUT2D eigenvalue weighted by Crippen LogP contribution is -2.39. The maximum atomic E-state index is 13.5. The molecule has 4 nitrogen and oxygen atoms in total. The summed E-state index contributed by atoms with van der Waals surface area (Å²) in [7, 11) is 0. The van der Waals surface area contributed by atoms with E-state index in [2.05, 4.69) is 50.8 Å². The van der Waals surface area contributed by atoms with Gasteiger partial charge in [-0.2, -0.15) is 0 Å². The summed E-state index contributed by atoms with van der Waals surface area (Å²) >= 11 is 1.61. The number of carbonyl (C=O) groups is 1. The van der Waals surface area contributed by atoms with E-state index in [9.17, 15) is 4.79 Å². The minimum absolute atomic E-state index is 0.0254. The van der Waals surface area contributed by atoms with Crippen LogP contribution in [0, 0.1) is 27.7 Å². The first-order valence-corrected chi connectivity index (χ1v) is 11.1. The summed E-state index contributed by atoms with van der Waals surface area (Å²) in [6, 6.07) is 10.3. The summed E-state index contributed by atoms with van der Waals surface area (Å²) < 4.78 is 1.16. The Morgan fingerprint density at radius 1 is 0.897 bits per heavy atom. The van der Waals surface area contributed by atoms with Gasteiger partial charge in [0.1, 0.15) is 0 Å². The zero-order chi connectivity index (χ0) is 21.1. The number of hydrogen-bond acceptors (Lipinski definition) is 4. The molecular formula is C24H31N3OS. The Bertz CT molecular complexity index is 1000. The molecule has 0 N–H and O–H groups in total. The molecule has 3 aromatic rings. The molecule has 0 fully saturated rings. The normalized spacial score (nSPS) is 11.4. The molecule has 154 valence electrons. The van der Waals surface area contributed by atoms with E-state index in [1.54, 1.807) is 11.3 Å². The molecule has 0 aliphatic rings. The third-order valence-electron chi connectivity index (χ3n) is 5.29. The third-order valence-corrected chi connectivity index (χ3v) is 6.52. The molecule has 0 radical (unpaired) electrons. The molecule has 3 rings (SSSR count). The molecule has 1 aromatic heterocycles. The second-order valence-electron chi connectivity index (χ2n) is 7.79. The fourth-order valence-electron chi connectivity index (χ4n) is 3.80. The molecule has 0 atom stereocenters. The zero-order valence-electron chi connectivity index (χ0n) is 18.4. The molecule has 0 saturated carbocycles. The molecule has 0 bridgehead atoms. The Hall–Kier alpha value is -2.24. The predicted molar refractivity (Wildman–Crippen MR) is 124 cm³/mol. The van der Waals surface area contributed by atoms with Gasteiger partial charge in [0.05, 0.1) is 10.2 Å². The van der Waals surface area contributed by atoms with Gasteiger partial charge in [-0.25, -0.2) is 4.98 Å². The smallest absolute Gasteiger partial charge is 0.260 e. The van der Waals surface area contributed by atoms with Gasteiger partial charge in [0, 0.05) is 18.7 Å². The SMILES string of the molecule is CCN(CC)CCN(C(=O)c1cc(C)cc(C)c1)c1nc2cc(C)cc(C)c2s1. The number of benzene rings is 2. The molecule has 0 aliphatic heterocycles. The van der Waals surface area contributed by atoms with Crippen LogP contribution in [0.1, 0.15) is 46.5 Å². The number of anilines is 1. The van der Waals surface area contributed by atoms with Crippen LogP contribution in [0.2, 0.25) is 0 Å². The third kappa shape index (κ3) is 4.85. The first-order chi connectivity index (χ1) is 13.8. The molecule has 1 amide bonds. The Morgan fingerprint density at radius 2 is 1.52 bits per heavy atom. The van der Waals surface area contributed by atoms with E-state index in [1.807, 2.05) is 30.9 Å². The first kappa shape index (κ1) is 21.5. The Kier molecular flexibility index (Phi) is 6.70. The second kappa shape index (κ2) is 9.06. The molecule has 0 saturated heterocycles. The molecule has 29 heavy (non-hydrogen) atoms. The lowest BCUT2D eigenvalue weighted by molar-refractivity contribution is 0.0983. The molecule has 0 aliphatic carbocycles. The monoisotopic (exact) mass is 409 g/mol. The summed E-state index contributed by atoms with van der Waals surface area (Å²) in [6.07, 6.45) is 0. The molecule has 5 heteroatoms. The summed E-state index contributed by atoms with van der Waals surface area (Å²) in [5.41, 5.74) is 6.33. The van der Waals surface area contributed by atoms with Gasteiger partial charge in [0.25, 0.3) is 5.91 Å². The average Bonchev–Trinajstić information content (AvgIpc) is 3.08. The highest BCUT2D eigenvalue weighted by molar-refractivity contribution is 7.22. The van der Waals surface area contributed by atoms with Gasteiger partial charge >= 0.3 is 0 Å². The van der Waals surface area contributed by atoms with Crippen LogP contribution in [-0.4, -0.2) is 42.0 Å². The highest BCUT2D eigenvalue weighted by atomic mass is 32.1. The fraction of sp³-hybridized carbons (Fsp3) is 0.417. The standard InChI is InChI=1S/C24H31N3OS/c1-7-26(8-2)9-10-27(23(28)20-13-16(3)11-17(4)14-20)24-25-21-15-18(5)12-19(6)22(21)29-24/h11-15H,7-10H2,1-6H3. The van der Waals surface area contributed by atoms with Crippen LogP contribution in [0.3, 0.4) is 0 Å². The maximum Gasteiger partial charge on any atom is 0.260 e. The minimum atomic E-state index is 0.0254. The van der Waals surface area contributed by atoms with E-state index < -0.39 is 0 Å². The molecular weight excluding hydrogens is 378 g/mol. The Labute approximate surface area is 178 Å². The van der Waals surface area contributed by atoms with E-state index in [1.165, 1.54) is 11.1 Å². The molecule has 1 heterocycles. The van der Waals surface area contributed by atoms with Crippen LogP contribution in [0.15, 0.2) is 30.3 Å². The van der Waals surface area contributed by atoms with Crippen molar-refractivity contribution in [3.05, 3.63) is 58.1 Å². The van der Waals surface area contributed by atoms with Gasteiger partial charge in [0.2, 0.25) is 0 Å². The Morgan fingerprint density at radius 3 is 2.14 bits per heavy atom. The fourth-order valence-corrected chi connectivity index (χ4v) is 4.84. The maximum absolute atomic E-state index is 13.5. The number of thiazole rings is 1. The van der Waals surface area contributed by atoms with Gasteiger partial charge < -0.3 is 4.90 Å². The quantitative estimate of drug-likeness (QED) is 0.516. The van der Waals surface area contributed by atoms with Crippen LogP contribution in [-0.2, 0) is 0 Å². The summed E-state index contributed by atoms with van der Waals surface area (Å²) in [5.74, 6) is 0.0254. The summed E-state index contributed by atoms with van der Waals surface area (Å²) in [4.78, 5) is 22.6. The number of likely N-dealkylation sites (N-methyl/N-ethyl adjacent to an activating group) is 1. The van der Waals surface area contributed by atoms with E-state index in [4.69, 9.17) is 4.98 Å². The molecule has 0 unspecified atom stereocenters. The van der Waals surface area contributed by atoms with Crippen LogP contribution < -0.4 is 4.90 Å². The van der Waals surface area contributed by atoms with Crippen molar-refractivity contribution in [3.63, 3.8) is 0 Å². The number of aromatic nitrogens is 1. The highest BCUT2D eigenvalue weighted by Crippen LogP contribution is 2.33. The topological polar surface area (TPSA) is 36.4 Å². The number of rotatable bonds is 7. The number of amides is 1. The predicted octanol–water partition coefficient (Wildman–Crippen LogP) is 5.52. The van der Waals surface area contributed by atoms with E-state index in [-0.39, 0.29) is 5.91 Å². The van der Waals surface area contributed by atoms with Crippen molar-refractivity contribution in [1.29, 1.82) is 0 Å². The van der Waals surface area contributed by atoms with Crippen molar-refractivity contribution < 1.29 is 4.79 Å². The van der Waals surface area contributed by atoms with E-state index >= 15 is 0 Å². The molecule has 2 aromatic carbocycles. The van der Waals surface area contributed by atoms with E-state index in [0.717, 1.165) is 51.7 Å². The summed E-state index contributed by atoms with van der Waals surface area (Å²) in [6.45, 7) is 16.0. The lowest BCUT2D eigenvalue weighted by atomic mass is 10.1. The van der Waals surface area contributed by atoms with Crippen LogP contribution >= 0.6 is 11.3 Å². The highest BCUT2D eigenvalue weighted by Gasteiger charge is 2.23. The van der Waals surface area contributed by atoms with Gasteiger partial charge in [0.15, 0.2) is 5.13 Å². The number of fused-ring (bicyclic) bond motifs is 1. The Balaban J connectivity index is 2.02. The van der Waals surface area contributed by atoms with Crippen molar-refractivity contribution in [3.8, 4) is 0 Å². The van der Waals surface area contributed by atoms with Gasteiger partial charge in [-0.1, -0.05) is 48.4 Å². The van der Waals surface area contributed by atoms with Crippen molar-refractivity contribution in [1.82, 2.24) is 9.88 Å². The van der Waals surface area contributed by atoms with Gasteiger partial charge in [-0.3, -0.25) is 9.69 Å². The van der Waals surface area contributed by atoms with Crippen LogP contribution in [0.5, 0.6) is 0 Å². The largest absolute Gasteiger partial charge is 0.302 e.